The van der Waals surface area contributed by atoms with Crippen molar-refractivity contribution in [3.63, 3.8) is 0 Å². The van der Waals surface area contributed by atoms with Crippen LogP contribution in [0, 0.1) is 13.8 Å². The second-order valence-electron chi connectivity index (χ2n) is 7.00. The molecule has 0 amide bonds. The van der Waals surface area contributed by atoms with Crippen molar-refractivity contribution < 1.29 is 9.47 Å². The molecule has 3 heterocycles. The lowest BCUT2D eigenvalue weighted by Gasteiger charge is -2.26. The second kappa shape index (κ2) is 8.75. The van der Waals surface area contributed by atoms with Gasteiger partial charge in [-0.1, -0.05) is 23.5 Å². The summed E-state index contributed by atoms with van der Waals surface area (Å²) in [6, 6.07) is 8.17. The maximum absolute atomic E-state index is 5.88. The summed E-state index contributed by atoms with van der Waals surface area (Å²) in [6.45, 7) is 9.05. The quantitative estimate of drug-likeness (QED) is 0.565. The van der Waals surface area contributed by atoms with E-state index in [2.05, 4.69) is 40.4 Å². The van der Waals surface area contributed by atoms with Crippen LogP contribution >= 0.6 is 11.3 Å². The van der Waals surface area contributed by atoms with Gasteiger partial charge in [0.05, 0.1) is 48.6 Å². The summed E-state index contributed by atoms with van der Waals surface area (Å²) in [5, 5.41) is 1.08. The van der Waals surface area contributed by atoms with Gasteiger partial charge in [0.25, 0.3) is 0 Å². The number of thiazole rings is 1. The zero-order valence-electron chi connectivity index (χ0n) is 16.4. The Bertz CT molecular complexity index is 915. The Morgan fingerprint density at radius 3 is 2.89 bits per heavy atom. The molecule has 7 heteroatoms. The molecule has 3 aromatic rings. The Kier molecular flexibility index (Phi) is 5.92. The molecule has 1 saturated heterocycles. The number of benzene rings is 1. The van der Waals surface area contributed by atoms with Crippen molar-refractivity contribution in [2.45, 2.75) is 26.8 Å². The first-order valence-corrected chi connectivity index (χ1v) is 10.5. The van der Waals surface area contributed by atoms with Gasteiger partial charge in [0.15, 0.2) is 5.13 Å². The van der Waals surface area contributed by atoms with Gasteiger partial charge >= 0.3 is 0 Å². The smallest absolute Gasteiger partial charge is 0.186 e. The first kappa shape index (κ1) is 19.0. The number of anilines is 1. The van der Waals surface area contributed by atoms with Crippen LogP contribution in [0.25, 0.3) is 10.6 Å². The van der Waals surface area contributed by atoms with Gasteiger partial charge in [-0.2, -0.15) is 0 Å². The van der Waals surface area contributed by atoms with Crippen LogP contribution < -0.4 is 9.64 Å². The van der Waals surface area contributed by atoms with Crippen molar-refractivity contribution in [1.29, 1.82) is 0 Å². The zero-order valence-corrected chi connectivity index (χ0v) is 17.2. The highest BCUT2D eigenvalue weighted by Gasteiger charge is 2.19. The van der Waals surface area contributed by atoms with Crippen molar-refractivity contribution >= 4 is 16.5 Å². The number of aromatic nitrogens is 3. The molecule has 0 bridgehead atoms. The number of aryl methyl sites for hydroxylation is 3. The van der Waals surface area contributed by atoms with E-state index in [-0.39, 0.29) is 0 Å². The largest absolute Gasteiger partial charge is 0.494 e. The van der Waals surface area contributed by atoms with Gasteiger partial charge in [0.2, 0.25) is 0 Å². The first-order valence-electron chi connectivity index (χ1n) is 9.71. The number of morpholine rings is 1. The van der Waals surface area contributed by atoms with Gasteiger partial charge in [-0.15, -0.1) is 0 Å². The van der Waals surface area contributed by atoms with E-state index in [9.17, 15) is 0 Å². The molecule has 0 radical (unpaired) electrons. The van der Waals surface area contributed by atoms with Gasteiger partial charge in [-0.3, -0.25) is 0 Å². The molecule has 148 valence electrons. The minimum Gasteiger partial charge on any atom is -0.494 e. The third-order valence-electron chi connectivity index (χ3n) is 4.81. The summed E-state index contributed by atoms with van der Waals surface area (Å²) in [5.74, 6) is 0.930. The van der Waals surface area contributed by atoms with E-state index in [4.69, 9.17) is 14.5 Å². The Labute approximate surface area is 169 Å². The Hall–Kier alpha value is -2.38. The third-order valence-corrected chi connectivity index (χ3v) is 6.05. The van der Waals surface area contributed by atoms with Crippen LogP contribution in [-0.4, -0.2) is 47.4 Å². The highest BCUT2D eigenvalue weighted by Crippen LogP contribution is 2.34. The number of hydrogen-bond acceptors (Lipinski definition) is 6. The molecule has 1 aromatic carbocycles. The van der Waals surface area contributed by atoms with Crippen molar-refractivity contribution in [1.82, 2.24) is 14.5 Å². The van der Waals surface area contributed by atoms with Crippen LogP contribution in [0.1, 0.15) is 17.7 Å². The van der Waals surface area contributed by atoms with E-state index >= 15 is 0 Å². The molecule has 1 aliphatic rings. The van der Waals surface area contributed by atoms with E-state index in [0.717, 1.165) is 61.5 Å². The average Bonchev–Trinajstić information content (AvgIpc) is 3.32. The molecule has 4 rings (SSSR count). The highest BCUT2D eigenvalue weighted by molar-refractivity contribution is 7.19. The van der Waals surface area contributed by atoms with E-state index in [0.29, 0.717) is 6.61 Å². The number of ether oxygens (including phenoxy) is 2. The molecule has 1 aliphatic heterocycles. The summed E-state index contributed by atoms with van der Waals surface area (Å²) in [5.41, 5.74) is 3.40. The highest BCUT2D eigenvalue weighted by atomic mass is 32.1. The van der Waals surface area contributed by atoms with E-state index in [1.54, 1.807) is 11.3 Å². The molecule has 0 spiro atoms. The predicted octanol–water partition coefficient (Wildman–Crippen LogP) is 3.93. The number of nitrogens with zero attached hydrogens (tertiary/aromatic N) is 4. The van der Waals surface area contributed by atoms with Gasteiger partial charge in [0, 0.05) is 19.6 Å². The van der Waals surface area contributed by atoms with Crippen LogP contribution in [0.4, 0.5) is 5.13 Å². The summed E-state index contributed by atoms with van der Waals surface area (Å²) in [7, 11) is 0. The topological polar surface area (TPSA) is 52.4 Å². The Morgan fingerprint density at radius 1 is 1.21 bits per heavy atom. The molecule has 28 heavy (non-hydrogen) atoms. The maximum atomic E-state index is 5.88. The van der Waals surface area contributed by atoms with Crippen LogP contribution in [0.3, 0.4) is 0 Å². The monoisotopic (exact) mass is 398 g/mol. The molecular formula is C21H26N4O2S. The Balaban J connectivity index is 1.39. The number of imidazole rings is 1. The fraction of sp³-hybridized carbons (Fsp3) is 0.429. The van der Waals surface area contributed by atoms with Crippen LogP contribution in [-0.2, 0) is 11.3 Å². The molecule has 0 saturated carbocycles. The summed E-state index contributed by atoms with van der Waals surface area (Å²) >= 11 is 1.74. The Morgan fingerprint density at radius 2 is 2.07 bits per heavy atom. The average molecular weight is 399 g/mol. The van der Waals surface area contributed by atoms with Gasteiger partial charge in [0.1, 0.15) is 5.75 Å². The number of hydrogen-bond donors (Lipinski definition) is 0. The van der Waals surface area contributed by atoms with Crippen LogP contribution in [0.5, 0.6) is 5.75 Å². The second-order valence-corrected chi connectivity index (χ2v) is 7.98. The minimum absolute atomic E-state index is 0.682. The zero-order chi connectivity index (χ0) is 19.3. The van der Waals surface area contributed by atoms with Crippen molar-refractivity contribution in [2.24, 2.45) is 0 Å². The van der Waals surface area contributed by atoms with Crippen molar-refractivity contribution in [2.75, 3.05) is 37.8 Å². The summed E-state index contributed by atoms with van der Waals surface area (Å²) in [4.78, 5) is 12.7. The summed E-state index contributed by atoms with van der Waals surface area (Å²) < 4.78 is 13.5. The van der Waals surface area contributed by atoms with E-state index in [1.165, 1.54) is 10.4 Å². The standard InChI is InChI=1S/C21H26N4O2S/c1-16-5-3-6-18(13-16)27-10-4-7-25-15-22-14-19(25)20-17(2)23-21(28-20)24-8-11-26-12-9-24/h3,5-6,13-15H,4,7-12H2,1-2H3. The molecule has 0 aliphatic carbocycles. The lowest BCUT2D eigenvalue weighted by atomic mass is 10.2. The first-order chi connectivity index (χ1) is 13.7. The maximum Gasteiger partial charge on any atom is 0.186 e. The molecule has 0 unspecified atom stereocenters. The third kappa shape index (κ3) is 4.36. The SMILES string of the molecule is Cc1cccc(OCCCn2cncc2-c2sc(N3CCOCC3)nc2C)c1. The fourth-order valence-corrected chi connectivity index (χ4v) is 4.47. The molecule has 6 nitrogen and oxygen atoms in total. The van der Waals surface area contributed by atoms with Crippen LogP contribution in [0.2, 0.25) is 0 Å². The molecule has 1 fully saturated rings. The van der Waals surface area contributed by atoms with E-state index < -0.39 is 0 Å². The predicted molar refractivity (Wildman–Crippen MR) is 112 cm³/mol. The fourth-order valence-electron chi connectivity index (χ4n) is 3.33. The molecule has 0 atom stereocenters. The van der Waals surface area contributed by atoms with Gasteiger partial charge in [-0.25, -0.2) is 9.97 Å². The lowest BCUT2D eigenvalue weighted by molar-refractivity contribution is 0.122. The van der Waals surface area contributed by atoms with Crippen molar-refractivity contribution in [3.8, 4) is 16.3 Å². The molecule has 0 N–H and O–H groups in total. The minimum atomic E-state index is 0.682. The lowest BCUT2D eigenvalue weighted by Crippen LogP contribution is -2.36. The van der Waals surface area contributed by atoms with Crippen molar-refractivity contribution in [3.05, 3.63) is 48.0 Å². The van der Waals surface area contributed by atoms with Gasteiger partial charge in [-0.05, 0) is 38.0 Å². The summed E-state index contributed by atoms with van der Waals surface area (Å²) in [6.07, 6.45) is 4.76. The molecular weight excluding hydrogens is 372 g/mol. The van der Waals surface area contributed by atoms with Gasteiger partial charge < -0.3 is 18.9 Å². The van der Waals surface area contributed by atoms with E-state index in [1.807, 2.05) is 24.7 Å². The molecule has 2 aromatic heterocycles. The normalized spacial score (nSPS) is 14.4. The number of rotatable bonds is 7. The van der Waals surface area contributed by atoms with Crippen LogP contribution in [0.15, 0.2) is 36.8 Å².